The lowest BCUT2D eigenvalue weighted by atomic mass is 9.82. The fourth-order valence-corrected chi connectivity index (χ4v) is 6.45. The molecule has 2 aliphatic rings. The number of carbonyl (C=O) groups excluding carboxylic acids is 4. The molecule has 264 valence electrons. The van der Waals surface area contributed by atoms with Crippen molar-refractivity contribution < 1.29 is 37.5 Å². The summed E-state index contributed by atoms with van der Waals surface area (Å²) in [6.45, 7) is 5.71. The Morgan fingerprint density at radius 1 is 1.08 bits per heavy atom. The number of carbonyl (C=O) groups is 4. The third-order valence-electron chi connectivity index (χ3n) is 9.66. The molecule has 1 saturated carbocycles. The molecule has 0 bridgehead atoms. The molecule has 49 heavy (non-hydrogen) atoms. The van der Waals surface area contributed by atoms with Gasteiger partial charge in [-0.05, 0) is 68.4 Å². The number of alkyl halides is 2. The summed E-state index contributed by atoms with van der Waals surface area (Å²) < 4.78 is 45.5. The van der Waals surface area contributed by atoms with E-state index in [-0.39, 0.29) is 35.9 Å². The molecule has 1 aliphatic heterocycles. The van der Waals surface area contributed by atoms with Gasteiger partial charge in [-0.2, -0.15) is 14.0 Å². The number of rotatable bonds is 11. The van der Waals surface area contributed by atoms with Crippen molar-refractivity contribution in [3.63, 3.8) is 0 Å². The Balaban J connectivity index is 1.41. The zero-order valence-electron chi connectivity index (χ0n) is 28.0. The second kappa shape index (κ2) is 15.8. The largest absolute Gasteiger partial charge is 0.390 e. The van der Waals surface area contributed by atoms with E-state index in [0.717, 1.165) is 18.6 Å². The smallest absolute Gasteiger partial charge is 0.349 e. The SMILES string of the molecule is CCC(=O)N[C@@H](C(=O)N1CCC(C)(O)CC1)[C@@H](C)c1ccc(NC(=O)CC2CCCCC2NC(=O)C(F)(F)c2cccc(C#N)c2)c(F)c1. The lowest BCUT2D eigenvalue weighted by Crippen LogP contribution is -2.54. The van der Waals surface area contributed by atoms with E-state index >= 15 is 13.2 Å². The predicted octanol–water partition coefficient (Wildman–Crippen LogP) is 4.86. The van der Waals surface area contributed by atoms with Crippen LogP contribution < -0.4 is 16.0 Å². The zero-order valence-corrected chi connectivity index (χ0v) is 28.0. The Morgan fingerprint density at radius 3 is 2.43 bits per heavy atom. The molecule has 0 radical (unpaired) electrons. The van der Waals surface area contributed by atoms with E-state index < -0.39 is 58.6 Å². The molecule has 4 N–H and O–H groups in total. The minimum Gasteiger partial charge on any atom is -0.390 e. The molecule has 4 amide bonds. The first-order valence-electron chi connectivity index (χ1n) is 16.7. The number of nitriles is 1. The van der Waals surface area contributed by atoms with Gasteiger partial charge in [0.05, 0.1) is 22.9 Å². The quantitative estimate of drug-likeness (QED) is 0.266. The van der Waals surface area contributed by atoms with E-state index in [1.165, 1.54) is 24.3 Å². The highest BCUT2D eigenvalue weighted by Crippen LogP contribution is 2.33. The van der Waals surface area contributed by atoms with Crippen molar-refractivity contribution in [3.8, 4) is 6.07 Å². The van der Waals surface area contributed by atoms with Crippen molar-refractivity contribution in [3.05, 3.63) is 65.0 Å². The van der Waals surface area contributed by atoms with Gasteiger partial charge in [0.2, 0.25) is 17.7 Å². The summed E-state index contributed by atoms with van der Waals surface area (Å²) in [4.78, 5) is 53.2. The maximum Gasteiger partial charge on any atom is 0.349 e. The summed E-state index contributed by atoms with van der Waals surface area (Å²) in [5.41, 5.74) is -1.17. The van der Waals surface area contributed by atoms with Gasteiger partial charge in [0.25, 0.3) is 5.91 Å². The van der Waals surface area contributed by atoms with Crippen LogP contribution in [0.15, 0.2) is 42.5 Å². The summed E-state index contributed by atoms with van der Waals surface area (Å²) in [6.07, 6.45) is 3.09. The Bertz CT molecular complexity index is 1580. The number of nitrogens with zero attached hydrogens (tertiary/aromatic N) is 2. The number of halogens is 3. The summed E-state index contributed by atoms with van der Waals surface area (Å²) in [7, 11) is 0. The van der Waals surface area contributed by atoms with Gasteiger partial charge in [-0.15, -0.1) is 0 Å². The van der Waals surface area contributed by atoms with Crippen molar-refractivity contribution in [1.29, 1.82) is 5.26 Å². The minimum atomic E-state index is -3.89. The molecule has 1 saturated heterocycles. The molecule has 2 unspecified atom stereocenters. The number of benzene rings is 2. The second-order valence-electron chi connectivity index (χ2n) is 13.4. The molecule has 0 spiro atoms. The van der Waals surface area contributed by atoms with Gasteiger partial charge in [-0.1, -0.05) is 44.9 Å². The predicted molar refractivity (Wildman–Crippen MR) is 176 cm³/mol. The number of piperidine rings is 1. The average molecular weight is 684 g/mol. The number of hydrogen-bond donors (Lipinski definition) is 4. The van der Waals surface area contributed by atoms with Crippen molar-refractivity contribution >= 4 is 29.3 Å². The molecular weight excluding hydrogens is 639 g/mol. The highest BCUT2D eigenvalue weighted by Gasteiger charge is 2.43. The van der Waals surface area contributed by atoms with Crippen LogP contribution in [0.25, 0.3) is 0 Å². The van der Waals surface area contributed by atoms with Gasteiger partial charge in [-0.3, -0.25) is 19.2 Å². The first-order chi connectivity index (χ1) is 23.1. The van der Waals surface area contributed by atoms with Crippen molar-refractivity contribution in [2.75, 3.05) is 18.4 Å². The van der Waals surface area contributed by atoms with Gasteiger partial charge in [0, 0.05) is 43.5 Å². The molecule has 2 fully saturated rings. The van der Waals surface area contributed by atoms with Crippen LogP contribution in [0.1, 0.15) is 94.7 Å². The molecule has 1 heterocycles. The number of nitrogens with one attached hydrogen (secondary N) is 3. The molecule has 4 rings (SSSR count). The van der Waals surface area contributed by atoms with E-state index in [1.807, 2.05) is 0 Å². The average Bonchev–Trinajstić information content (AvgIpc) is 3.08. The highest BCUT2D eigenvalue weighted by molar-refractivity contribution is 5.91. The normalized spacial score (nSPS) is 20.3. The monoisotopic (exact) mass is 683 g/mol. The number of anilines is 1. The second-order valence-corrected chi connectivity index (χ2v) is 13.4. The third kappa shape index (κ3) is 9.38. The number of likely N-dealkylation sites (tertiary alicyclic amines) is 1. The Labute approximate surface area is 284 Å². The van der Waals surface area contributed by atoms with Gasteiger partial charge in [0.15, 0.2) is 0 Å². The first kappa shape index (κ1) is 37.4. The van der Waals surface area contributed by atoms with Crippen molar-refractivity contribution in [2.24, 2.45) is 5.92 Å². The van der Waals surface area contributed by atoms with Gasteiger partial charge in [0.1, 0.15) is 11.9 Å². The zero-order chi connectivity index (χ0) is 35.9. The molecule has 13 heteroatoms. The topological polar surface area (TPSA) is 152 Å². The van der Waals surface area contributed by atoms with Crippen LogP contribution in [0.5, 0.6) is 0 Å². The summed E-state index contributed by atoms with van der Waals surface area (Å²) >= 11 is 0. The van der Waals surface area contributed by atoms with Crippen LogP contribution in [0.4, 0.5) is 18.9 Å². The summed E-state index contributed by atoms with van der Waals surface area (Å²) in [6, 6.07) is 8.92. The van der Waals surface area contributed by atoms with Crippen molar-refractivity contribution in [1.82, 2.24) is 15.5 Å². The summed E-state index contributed by atoms with van der Waals surface area (Å²) in [5, 5.41) is 27.1. The van der Waals surface area contributed by atoms with Crippen LogP contribution in [-0.4, -0.2) is 64.4 Å². The Kier molecular flexibility index (Phi) is 12.1. The number of aliphatic hydroxyl groups is 1. The fraction of sp³-hybridized carbons (Fsp3) is 0.528. The van der Waals surface area contributed by atoms with Crippen LogP contribution in [-0.2, 0) is 25.1 Å². The van der Waals surface area contributed by atoms with E-state index in [0.29, 0.717) is 50.8 Å². The molecule has 2 aromatic carbocycles. The maximum atomic E-state index is 15.4. The van der Waals surface area contributed by atoms with Crippen LogP contribution in [0, 0.1) is 23.1 Å². The molecule has 4 atom stereocenters. The van der Waals surface area contributed by atoms with Gasteiger partial charge >= 0.3 is 5.92 Å². The van der Waals surface area contributed by atoms with Gasteiger partial charge in [-0.25, -0.2) is 4.39 Å². The Hall–Kier alpha value is -4.44. The van der Waals surface area contributed by atoms with E-state index in [4.69, 9.17) is 5.26 Å². The maximum absolute atomic E-state index is 15.4. The van der Waals surface area contributed by atoms with Crippen LogP contribution >= 0.6 is 0 Å². The van der Waals surface area contributed by atoms with Crippen LogP contribution in [0.3, 0.4) is 0 Å². The minimum absolute atomic E-state index is 0.00281. The standard InChI is InChI=1S/C36H44F3N5O5/c1-4-30(45)43-32(33(47)44-16-14-35(3,49)15-17-44)22(2)24-12-13-29(27(37)19-24)41-31(46)20-25-9-5-6-11-28(25)42-34(48)36(38,39)26-10-7-8-23(18-26)21-40/h7-8,10,12-13,18-19,22,25,28,32,49H,4-6,9,11,14-17,20H2,1-3H3,(H,41,46)(H,42,48)(H,43,45)/t22-,25?,28?,32+/m0/s1. The number of hydrogen-bond acceptors (Lipinski definition) is 6. The first-order valence-corrected chi connectivity index (χ1v) is 16.7. The highest BCUT2D eigenvalue weighted by atomic mass is 19.3. The van der Waals surface area contributed by atoms with E-state index in [9.17, 15) is 24.3 Å². The molecule has 10 nitrogen and oxygen atoms in total. The molecule has 2 aromatic rings. The van der Waals surface area contributed by atoms with Gasteiger partial charge < -0.3 is 26.0 Å². The lowest BCUT2D eigenvalue weighted by Gasteiger charge is -2.38. The summed E-state index contributed by atoms with van der Waals surface area (Å²) in [5.74, 6) is -8.48. The lowest BCUT2D eigenvalue weighted by molar-refractivity contribution is -0.148. The van der Waals surface area contributed by atoms with E-state index in [2.05, 4.69) is 16.0 Å². The third-order valence-corrected chi connectivity index (χ3v) is 9.66. The molecular formula is C36H44F3N5O5. The van der Waals surface area contributed by atoms with E-state index in [1.54, 1.807) is 37.8 Å². The van der Waals surface area contributed by atoms with Crippen LogP contribution in [0.2, 0.25) is 0 Å². The number of amides is 4. The van der Waals surface area contributed by atoms with Crippen molar-refractivity contribution in [2.45, 2.75) is 102 Å². The molecule has 0 aromatic heterocycles. The molecule has 1 aliphatic carbocycles. The Morgan fingerprint density at radius 2 is 1.78 bits per heavy atom. The fourth-order valence-electron chi connectivity index (χ4n) is 6.45.